The van der Waals surface area contributed by atoms with Crippen LogP contribution in [0, 0.1) is 0 Å². The number of ether oxygens (including phenoxy) is 2. The van der Waals surface area contributed by atoms with Crippen LogP contribution in [-0.4, -0.2) is 25.8 Å². The number of halogens is 3. The van der Waals surface area contributed by atoms with Crippen LogP contribution < -0.4 is 0 Å². The zero-order valence-corrected chi connectivity index (χ0v) is 9.79. The molecule has 1 rings (SSSR count). The molecule has 0 saturated heterocycles. The van der Waals surface area contributed by atoms with Gasteiger partial charge in [0.1, 0.15) is 6.61 Å². The lowest BCUT2D eigenvalue weighted by Crippen LogP contribution is -2.11. The lowest BCUT2D eigenvalue weighted by Gasteiger charge is -2.08. The second-order valence-corrected chi connectivity index (χ2v) is 3.41. The van der Waals surface area contributed by atoms with Crippen LogP contribution in [0.5, 0.6) is 0 Å². The second-order valence-electron chi connectivity index (χ2n) is 3.41. The van der Waals surface area contributed by atoms with Crippen LogP contribution >= 0.6 is 0 Å². The van der Waals surface area contributed by atoms with Gasteiger partial charge in [0, 0.05) is 6.61 Å². The first-order valence-electron chi connectivity index (χ1n) is 5.37. The average molecular weight is 262 g/mol. The summed E-state index contributed by atoms with van der Waals surface area (Å²) in [5, 5.41) is 0. The van der Waals surface area contributed by atoms with Gasteiger partial charge in [-0.2, -0.15) is 13.2 Å². The van der Waals surface area contributed by atoms with E-state index in [0.717, 1.165) is 24.3 Å². The monoisotopic (exact) mass is 262 g/mol. The minimum absolute atomic E-state index is 0.0771. The Hall–Kier alpha value is -1.56. The van der Waals surface area contributed by atoms with Crippen molar-refractivity contribution in [2.45, 2.75) is 13.1 Å². The van der Waals surface area contributed by atoms with Crippen LogP contribution in [0.4, 0.5) is 13.2 Å². The smallest absolute Gasteiger partial charge is 0.416 e. The molecule has 0 aromatic heterocycles. The van der Waals surface area contributed by atoms with E-state index in [-0.39, 0.29) is 18.8 Å². The molecular formula is C12H13F3O3. The number of esters is 1. The van der Waals surface area contributed by atoms with E-state index >= 15 is 0 Å². The maximum atomic E-state index is 12.3. The van der Waals surface area contributed by atoms with E-state index in [1.54, 1.807) is 6.92 Å². The molecule has 0 amide bonds. The van der Waals surface area contributed by atoms with Gasteiger partial charge in [0.05, 0.1) is 17.7 Å². The van der Waals surface area contributed by atoms with Crippen molar-refractivity contribution in [1.82, 2.24) is 0 Å². The van der Waals surface area contributed by atoms with E-state index in [9.17, 15) is 18.0 Å². The van der Waals surface area contributed by atoms with Crippen molar-refractivity contribution in [3.63, 3.8) is 0 Å². The highest BCUT2D eigenvalue weighted by Gasteiger charge is 2.30. The Morgan fingerprint density at radius 3 is 2.28 bits per heavy atom. The zero-order valence-electron chi connectivity index (χ0n) is 9.79. The molecule has 6 heteroatoms. The predicted molar refractivity (Wildman–Crippen MR) is 58.2 cm³/mol. The van der Waals surface area contributed by atoms with E-state index < -0.39 is 17.7 Å². The largest absolute Gasteiger partial charge is 0.460 e. The number of rotatable bonds is 5. The molecule has 0 fully saturated rings. The van der Waals surface area contributed by atoms with Crippen molar-refractivity contribution in [2.75, 3.05) is 19.8 Å². The zero-order chi connectivity index (χ0) is 13.6. The van der Waals surface area contributed by atoms with Crippen LogP contribution in [0.2, 0.25) is 0 Å². The van der Waals surface area contributed by atoms with Crippen molar-refractivity contribution >= 4 is 5.97 Å². The van der Waals surface area contributed by atoms with Gasteiger partial charge >= 0.3 is 12.1 Å². The summed E-state index contributed by atoms with van der Waals surface area (Å²) in [6, 6.07) is 3.87. The Morgan fingerprint density at radius 1 is 1.17 bits per heavy atom. The molecule has 0 radical (unpaired) electrons. The highest BCUT2D eigenvalue weighted by molar-refractivity contribution is 5.89. The molecule has 0 heterocycles. The molecule has 0 aliphatic rings. The summed E-state index contributed by atoms with van der Waals surface area (Å²) in [4.78, 5) is 11.4. The molecule has 0 unspecified atom stereocenters. The maximum absolute atomic E-state index is 12.3. The van der Waals surface area contributed by atoms with Gasteiger partial charge in [0.15, 0.2) is 0 Å². The summed E-state index contributed by atoms with van der Waals surface area (Å²) in [5.41, 5.74) is -0.715. The Balaban J connectivity index is 2.54. The van der Waals surface area contributed by atoms with Gasteiger partial charge in [0.2, 0.25) is 0 Å². The minimum Gasteiger partial charge on any atom is -0.460 e. The molecule has 0 N–H and O–H groups in total. The molecule has 3 nitrogen and oxygen atoms in total. The third-order valence-corrected chi connectivity index (χ3v) is 2.11. The molecule has 0 atom stereocenters. The fraction of sp³-hybridized carbons (Fsp3) is 0.417. The molecule has 0 aliphatic carbocycles. The van der Waals surface area contributed by atoms with E-state index in [0.29, 0.717) is 6.61 Å². The van der Waals surface area contributed by atoms with Gasteiger partial charge in [-0.15, -0.1) is 0 Å². The summed E-state index contributed by atoms with van der Waals surface area (Å²) in [5.74, 6) is -0.663. The van der Waals surface area contributed by atoms with Crippen LogP contribution in [0.3, 0.4) is 0 Å². The number of carbonyl (C=O) groups is 1. The maximum Gasteiger partial charge on any atom is 0.416 e. The molecule has 0 saturated carbocycles. The van der Waals surface area contributed by atoms with Gasteiger partial charge in [-0.05, 0) is 31.2 Å². The van der Waals surface area contributed by atoms with E-state index in [1.807, 2.05) is 0 Å². The normalized spacial score (nSPS) is 11.3. The van der Waals surface area contributed by atoms with Gasteiger partial charge in [0.25, 0.3) is 0 Å². The standard InChI is InChI=1S/C12H13F3O3/c1-2-17-7-8-18-11(16)9-3-5-10(6-4-9)12(13,14)15/h3-6H,2,7-8H2,1H3. The summed E-state index contributed by atoms with van der Waals surface area (Å²) < 4.78 is 46.6. The molecule has 0 bridgehead atoms. The minimum atomic E-state index is -4.41. The number of benzene rings is 1. The Morgan fingerprint density at radius 2 is 1.78 bits per heavy atom. The fourth-order valence-electron chi connectivity index (χ4n) is 1.22. The average Bonchev–Trinajstić information content (AvgIpc) is 2.33. The van der Waals surface area contributed by atoms with Crippen LogP contribution in [0.1, 0.15) is 22.8 Å². The Kier molecular flexibility index (Phi) is 5.15. The SMILES string of the molecule is CCOCCOC(=O)c1ccc(C(F)(F)F)cc1. The summed E-state index contributed by atoms with van der Waals surface area (Å²) >= 11 is 0. The quantitative estimate of drug-likeness (QED) is 0.604. The van der Waals surface area contributed by atoms with E-state index in [4.69, 9.17) is 9.47 Å². The number of alkyl halides is 3. The topological polar surface area (TPSA) is 35.5 Å². The van der Waals surface area contributed by atoms with Gasteiger partial charge in [-0.25, -0.2) is 4.79 Å². The molecular weight excluding hydrogens is 249 g/mol. The van der Waals surface area contributed by atoms with Crippen LogP contribution in [0.25, 0.3) is 0 Å². The highest BCUT2D eigenvalue weighted by Crippen LogP contribution is 2.29. The van der Waals surface area contributed by atoms with Crippen molar-refractivity contribution < 1.29 is 27.4 Å². The number of hydrogen-bond acceptors (Lipinski definition) is 3. The first kappa shape index (κ1) is 14.5. The van der Waals surface area contributed by atoms with Crippen LogP contribution in [-0.2, 0) is 15.7 Å². The summed E-state index contributed by atoms with van der Waals surface area (Å²) in [6.07, 6.45) is -4.41. The molecule has 0 aliphatic heterocycles. The fourth-order valence-corrected chi connectivity index (χ4v) is 1.22. The molecule has 18 heavy (non-hydrogen) atoms. The lowest BCUT2D eigenvalue weighted by molar-refractivity contribution is -0.137. The number of hydrogen-bond donors (Lipinski definition) is 0. The lowest BCUT2D eigenvalue weighted by atomic mass is 10.1. The predicted octanol–water partition coefficient (Wildman–Crippen LogP) is 2.90. The third kappa shape index (κ3) is 4.37. The summed E-state index contributed by atoms with van der Waals surface area (Å²) in [6.45, 7) is 2.66. The molecule has 0 spiro atoms. The highest BCUT2D eigenvalue weighted by atomic mass is 19.4. The first-order valence-corrected chi connectivity index (χ1v) is 5.37. The van der Waals surface area contributed by atoms with Gasteiger partial charge < -0.3 is 9.47 Å². The second kappa shape index (κ2) is 6.39. The van der Waals surface area contributed by atoms with Gasteiger partial charge in [-0.3, -0.25) is 0 Å². The van der Waals surface area contributed by atoms with E-state index in [1.165, 1.54) is 0 Å². The summed E-state index contributed by atoms with van der Waals surface area (Å²) in [7, 11) is 0. The molecule has 1 aromatic carbocycles. The molecule has 1 aromatic rings. The van der Waals surface area contributed by atoms with Crippen molar-refractivity contribution in [3.8, 4) is 0 Å². The number of carbonyl (C=O) groups excluding carboxylic acids is 1. The van der Waals surface area contributed by atoms with Crippen molar-refractivity contribution in [2.24, 2.45) is 0 Å². The van der Waals surface area contributed by atoms with Gasteiger partial charge in [-0.1, -0.05) is 0 Å². The van der Waals surface area contributed by atoms with Crippen molar-refractivity contribution in [3.05, 3.63) is 35.4 Å². The Labute approximate surface area is 103 Å². The first-order chi connectivity index (χ1) is 8.45. The molecule has 100 valence electrons. The van der Waals surface area contributed by atoms with Crippen molar-refractivity contribution in [1.29, 1.82) is 0 Å². The van der Waals surface area contributed by atoms with Crippen LogP contribution in [0.15, 0.2) is 24.3 Å². The van der Waals surface area contributed by atoms with E-state index in [2.05, 4.69) is 0 Å². The third-order valence-electron chi connectivity index (χ3n) is 2.11. The Bertz CT molecular complexity index is 385.